The second-order valence-corrected chi connectivity index (χ2v) is 4.28. The van der Waals surface area contributed by atoms with Crippen LogP contribution in [0.25, 0.3) is 11.6 Å². The highest BCUT2D eigenvalue weighted by Gasteiger charge is 2.23. The molecule has 0 fully saturated rings. The summed E-state index contributed by atoms with van der Waals surface area (Å²) in [6, 6.07) is 0. The molecule has 0 aliphatic carbocycles. The van der Waals surface area contributed by atoms with Gasteiger partial charge in [0.25, 0.3) is 0 Å². The molecule has 0 unspecified atom stereocenters. The molecule has 3 heterocycles. The first-order chi connectivity index (χ1) is 8.20. The summed E-state index contributed by atoms with van der Waals surface area (Å²) in [6.07, 6.45) is 0. The molecule has 0 amide bonds. The monoisotopic (exact) mass is 232 g/mol. The summed E-state index contributed by atoms with van der Waals surface area (Å²) in [4.78, 5) is 9.13. The average Bonchev–Trinajstić information content (AvgIpc) is 2.91. The summed E-state index contributed by atoms with van der Waals surface area (Å²) < 4.78 is 4.02. The van der Waals surface area contributed by atoms with Crippen molar-refractivity contribution in [1.29, 1.82) is 0 Å². The SMILES string of the molecule is CCn1c(-c2nc(C)nn2C)nc2c1CNC2. The van der Waals surface area contributed by atoms with E-state index in [4.69, 9.17) is 0 Å². The molecule has 3 rings (SSSR count). The number of hydrogen-bond donors (Lipinski definition) is 1. The van der Waals surface area contributed by atoms with Gasteiger partial charge in [-0.05, 0) is 13.8 Å². The maximum absolute atomic E-state index is 4.68. The molecule has 1 aliphatic heterocycles. The van der Waals surface area contributed by atoms with Crippen molar-refractivity contribution >= 4 is 0 Å². The summed E-state index contributed by atoms with van der Waals surface area (Å²) in [6.45, 7) is 6.69. The molecule has 2 aromatic rings. The molecule has 1 N–H and O–H groups in total. The second kappa shape index (κ2) is 3.66. The van der Waals surface area contributed by atoms with Crippen LogP contribution in [0.5, 0.6) is 0 Å². The summed E-state index contributed by atoms with van der Waals surface area (Å²) in [5.74, 6) is 2.56. The van der Waals surface area contributed by atoms with Crippen LogP contribution in [0.15, 0.2) is 0 Å². The van der Waals surface area contributed by atoms with Crippen molar-refractivity contribution in [2.75, 3.05) is 0 Å². The third kappa shape index (κ3) is 1.48. The Bertz CT molecular complexity index is 565. The van der Waals surface area contributed by atoms with E-state index in [2.05, 4.69) is 31.9 Å². The van der Waals surface area contributed by atoms with Gasteiger partial charge in [-0.25, -0.2) is 14.6 Å². The Labute approximate surface area is 99.7 Å². The maximum atomic E-state index is 4.68. The van der Waals surface area contributed by atoms with E-state index >= 15 is 0 Å². The van der Waals surface area contributed by atoms with Gasteiger partial charge in [0.2, 0.25) is 0 Å². The Morgan fingerprint density at radius 2 is 2.06 bits per heavy atom. The van der Waals surface area contributed by atoms with Crippen LogP contribution in [0.4, 0.5) is 0 Å². The zero-order valence-corrected chi connectivity index (χ0v) is 10.4. The zero-order valence-electron chi connectivity index (χ0n) is 10.4. The van der Waals surface area contributed by atoms with Crippen LogP contribution in [0.1, 0.15) is 24.1 Å². The molecule has 0 aromatic carbocycles. The zero-order chi connectivity index (χ0) is 12.0. The fraction of sp³-hybridized carbons (Fsp3) is 0.545. The average molecular weight is 232 g/mol. The Kier molecular flexibility index (Phi) is 2.25. The van der Waals surface area contributed by atoms with Gasteiger partial charge in [0.05, 0.1) is 11.4 Å². The Morgan fingerprint density at radius 3 is 2.71 bits per heavy atom. The maximum Gasteiger partial charge on any atom is 0.194 e. The minimum Gasteiger partial charge on any atom is -0.324 e. The highest BCUT2D eigenvalue weighted by Crippen LogP contribution is 2.23. The lowest BCUT2D eigenvalue weighted by Crippen LogP contribution is -2.10. The van der Waals surface area contributed by atoms with Crippen LogP contribution in [-0.4, -0.2) is 24.3 Å². The summed E-state index contributed by atoms with van der Waals surface area (Å²) >= 11 is 0. The molecular weight excluding hydrogens is 216 g/mol. The van der Waals surface area contributed by atoms with Crippen molar-refractivity contribution in [3.63, 3.8) is 0 Å². The lowest BCUT2D eigenvalue weighted by Gasteiger charge is -2.07. The number of nitrogens with one attached hydrogen (secondary N) is 1. The highest BCUT2D eigenvalue weighted by atomic mass is 15.4. The van der Waals surface area contributed by atoms with Crippen molar-refractivity contribution < 1.29 is 0 Å². The highest BCUT2D eigenvalue weighted by molar-refractivity contribution is 5.48. The molecular formula is C11H16N6. The van der Waals surface area contributed by atoms with E-state index in [-0.39, 0.29) is 0 Å². The minimum atomic E-state index is 0.784. The van der Waals surface area contributed by atoms with Crippen molar-refractivity contribution in [2.45, 2.75) is 33.5 Å². The van der Waals surface area contributed by atoms with Gasteiger partial charge in [-0.15, -0.1) is 0 Å². The van der Waals surface area contributed by atoms with Crippen molar-refractivity contribution in [3.05, 3.63) is 17.2 Å². The number of nitrogens with zero attached hydrogens (tertiary/aromatic N) is 5. The van der Waals surface area contributed by atoms with E-state index in [9.17, 15) is 0 Å². The fourth-order valence-corrected chi connectivity index (χ4v) is 2.39. The smallest absolute Gasteiger partial charge is 0.194 e. The van der Waals surface area contributed by atoms with Gasteiger partial charge in [-0.1, -0.05) is 0 Å². The van der Waals surface area contributed by atoms with Gasteiger partial charge >= 0.3 is 0 Å². The van der Waals surface area contributed by atoms with E-state index in [1.165, 1.54) is 5.69 Å². The van der Waals surface area contributed by atoms with Gasteiger partial charge < -0.3 is 9.88 Å². The van der Waals surface area contributed by atoms with E-state index in [1.807, 2.05) is 14.0 Å². The van der Waals surface area contributed by atoms with Gasteiger partial charge in [0.15, 0.2) is 11.6 Å². The molecule has 0 bridgehead atoms. The first kappa shape index (κ1) is 10.5. The standard InChI is InChI=1S/C11H16N6/c1-4-17-9-6-12-5-8(9)14-11(17)10-13-7(2)15-16(10)3/h12H,4-6H2,1-3H3. The molecule has 0 atom stereocenters. The third-order valence-electron chi connectivity index (χ3n) is 3.13. The number of aromatic nitrogens is 5. The normalized spacial score (nSPS) is 14.3. The molecule has 90 valence electrons. The number of aryl methyl sites for hydroxylation is 2. The van der Waals surface area contributed by atoms with Gasteiger partial charge in [0, 0.05) is 26.7 Å². The molecule has 0 spiro atoms. The molecule has 2 aromatic heterocycles. The van der Waals surface area contributed by atoms with Crippen LogP contribution < -0.4 is 5.32 Å². The predicted octanol–water partition coefficient (Wildman–Crippen LogP) is 0.610. The second-order valence-electron chi connectivity index (χ2n) is 4.28. The lowest BCUT2D eigenvalue weighted by molar-refractivity contribution is 0.667. The fourth-order valence-electron chi connectivity index (χ4n) is 2.39. The van der Waals surface area contributed by atoms with Crippen molar-refractivity contribution in [1.82, 2.24) is 29.6 Å². The lowest BCUT2D eigenvalue weighted by atomic mass is 10.4. The summed E-state index contributed by atoms with van der Waals surface area (Å²) in [5, 5.41) is 7.60. The topological polar surface area (TPSA) is 60.6 Å². The Hall–Kier alpha value is -1.69. The Morgan fingerprint density at radius 1 is 1.24 bits per heavy atom. The molecule has 6 nitrogen and oxygen atoms in total. The minimum absolute atomic E-state index is 0.784. The van der Waals surface area contributed by atoms with Crippen molar-refractivity contribution in [2.24, 2.45) is 7.05 Å². The van der Waals surface area contributed by atoms with E-state index in [1.54, 1.807) is 4.68 Å². The molecule has 1 aliphatic rings. The van der Waals surface area contributed by atoms with Gasteiger partial charge in [-0.3, -0.25) is 0 Å². The molecule has 6 heteroatoms. The van der Waals surface area contributed by atoms with E-state index in [0.29, 0.717) is 0 Å². The van der Waals surface area contributed by atoms with Crippen LogP contribution in [0, 0.1) is 6.92 Å². The molecule has 0 saturated heterocycles. The summed E-state index contributed by atoms with van der Waals surface area (Å²) in [7, 11) is 1.91. The van der Waals surface area contributed by atoms with Crippen LogP contribution in [-0.2, 0) is 26.7 Å². The number of fused-ring (bicyclic) bond motifs is 1. The van der Waals surface area contributed by atoms with E-state index in [0.717, 1.165) is 42.8 Å². The van der Waals surface area contributed by atoms with E-state index < -0.39 is 0 Å². The first-order valence-electron chi connectivity index (χ1n) is 5.87. The molecule has 0 radical (unpaired) electrons. The quantitative estimate of drug-likeness (QED) is 0.824. The number of imidazole rings is 1. The van der Waals surface area contributed by atoms with Crippen molar-refractivity contribution in [3.8, 4) is 11.6 Å². The van der Waals surface area contributed by atoms with Crippen LogP contribution in [0.2, 0.25) is 0 Å². The van der Waals surface area contributed by atoms with Crippen LogP contribution >= 0.6 is 0 Å². The van der Waals surface area contributed by atoms with Gasteiger partial charge in [-0.2, -0.15) is 5.10 Å². The predicted molar refractivity (Wildman–Crippen MR) is 63.2 cm³/mol. The Balaban J connectivity index is 2.18. The molecule has 0 saturated carbocycles. The first-order valence-corrected chi connectivity index (χ1v) is 5.87. The van der Waals surface area contributed by atoms with Gasteiger partial charge in [0.1, 0.15) is 5.82 Å². The largest absolute Gasteiger partial charge is 0.324 e. The number of hydrogen-bond acceptors (Lipinski definition) is 4. The van der Waals surface area contributed by atoms with Crippen LogP contribution in [0.3, 0.4) is 0 Å². The molecule has 17 heavy (non-hydrogen) atoms. The third-order valence-corrected chi connectivity index (χ3v) is 3.13. The number of rotatable bonds is 2. The summed E-state index contributed by atoms with van der Waals surface area (Å²) in [5.41, 5.74) is 2.42.